The van der Waals surface area contributed by atoms with Crippen LogP contribution in [0.25, 0.3) is 21.8 Å². The van der Waals surface area contributed by atoms with Gasteiger partial charge in [-0.15, -0.1) is 0 Å². The molecule has 0 bridgehead atoms. The summed E-state index contributed by atoms with van der Waals surface area (Å²) in [6.07, 6.45) is 0.478. The molecule has 1 unspecified atom stereocenters. The molecule has 34 heavy (non-hydrogen) atoms. The number of imidazole rings is 1. The van der Waals surface area contributed by atoms with Gasteiger partial charge in [0.2, 0.25) is 5.91 Å². The van der Waals surface area contributed by atoms with Crippen LogP contribution in [0.5, 0.6) is 0 Å². The first-order chi connectivity index (χ1) is 16.6. The predicted molar refractivity (Wildman–Crippen MR) is 138 cm³/mol. The van der Waals surface area contributed by atoms with Crippen LogP contribution in [0.3, 0.4) is 0 Å². The van der Waals surface area contributed by atoms with E-state index in [0.29, 0.717) is 13.0 Å². The molecule has 1 fully saturated rings. The number of hydrogen-bond donors (Lipinski definition) is 0. The summed E-state index contributed by atoms with van der Waals surface area (Å²) in [5.41, 5.74) is 6.78. The zero-order chi connectivity index (χ0) is 23.2. The maximum absolute atomic E-state index is 13.1. The summed E-state index contributed by atoms with van der Waals surface area (Å²) in [5, 5.41) is 2.50. The van der Waals surface area contributed by atoms with E-state index in [-0.39, 0.29) is 11.8 Å². The van der Waals surface area contributed by atoms with E-state index in [9.17, 15) is 4.79 Å². The third kappa shape index (κ3) is 3.47. The van der Waals surface area contributed by atoms with Crippen LogP contribution in [0, 0.1) is 13.8 Å². The highest BCUT2D eigenvalue weighted by Gasteiger charge is 2.35. The summed E-state index contributed by atoms with van der Waals surface area (Å²) in [6, 6.07) is 29.6. The number of para-hydroxylation sites is 2. The number of aromatic nitrogens is 2. The molecule has 1 saturated heterocycles. The number of hydrogen-bond acceptors (Lipinski definition) is 2. The molecule has 168 valence electrons. The number of aryl methyl sites for hydroxylation is 2. The van der Waals surface area contributed by atoms with E-state index >= 15 is 0 Å². The average Bonchev–Trinajstić information content (AvgIpc) is 3.42. The molecule has 1 aliphatic rings. The summed E-state index contributed by atoms with van der Waals surface area (Å²) in [7, 11) is 0. The summed E-state index contributed by atoms with van der Waals surface area (Å²) >= 11 is 0. The Morgan fingerprint density at radius 2 is 1.68 bits per heavy atom. The van der Waals surface area contributed by atoms with Gasteiger partial charge in [0, 0.05) is 31.1 Å². The Hall–Kier alpha value is -3.92. The third-order valence-corrected chi connectivity index (χ3v) is 7.18. The van der Waals surface area contributed by atoms with Crippen LogP contribution in [0.1, 0.15) is 34.9 Å². The molecule has 4 aromatic carbocycles. The highest BCUT2D eigenvalue weighted by molar-refractivity contribution is 5.96. The van der Waals surface area contributed by atoms with Crippen LogP contribution in [-0.2, 0) is 11.3 Å². The maximum Gasteiger partial charge on any atom is 0.227 e. The Kier molecular flexibility index (Phi) is 4.95. The number of amides is 1. The van der Waals surface area contributed by atoms with Gasteiger partial charge in [-0.2, -0.15) is 0 Å². The first-order valence-corrected chi connectivity index (χ1v) is 11.9. The van der Waals surface area contributed by atoms with Crippen LogP contribution >= 0.6 is 0 Å². The third-order valence-electron chi connectivity index (χ3n) is 7.18. The molecule has 1 aliphatic heterocycles. The van der Waals surface area contributed by atoms with Gasteiger partial charge in [0.1, 0.15) is 5.82 Å². The summed E-state index contributed by atoms with van der Waals surface area (Å²) in [5.74, 6) is 1.21. The lowest BCUT2D eigenvalue weighted by molar-refractivity contribution is -0.117. The molecule has 0 N–H and O–H groups in total. The topological polar surface area (TPSA) is 38.1 Å². The van der Waals surface area contributed by atoms with Crippen molar-refractivity contribution in [3.63, 3.8) is 0 Å². The first-order valence-electron chi connectivity index (χ1n) is 11.9. The Morgan fingerprint density at radius 1 is 0.882 bits per heavy atom. The standard InChI is InChI=1S/C30H27N3O/c1-20-14-15-25(16-21(20)2)32-19-24(17-29(32)34)30-31-27-12-5-6-13-28(27)33(30)18-23-10-7-9-22-8-3-4-11-26(22)23/h3-16,24H,17-19H2,1-2H3. The fourth-order valence-electron chi connectivity index (χ4n) is 5.20. The van der Waals surface area contributed by atoms with Crippen LogP contribution in [-0.4, -0.2) is 22.0 Å². The lowest BCUT2D eigenvalue weighted by atomic mass is 10.0. The summed E-state index contributed by atoms with van der Waals surface area (Å²) in [4.78, 5) is 20.1. The van der Waals surface area contributed by atoms with E-state index in [0.717, 1.165) is 29.1 Å². The van der Waals surface area contributed by atoms with E-state index < -0.39 is 0 Å². The largest absolute Gasteiger partial charge is 0.323 e. The predicted octanol–water partition coefficient (Wildman–Crippen LogP) is 6.38. The van der Waals surface area contributed by atoms with Crippen molar-refractivity contribution in [3.05, 3.63) is 107 Å². The van der Waals surface area contributed by atoms with Crippen LogP contribution in [0.15, 0.2) is 84.9 Å². The van der Waals surface area contributed by atoms with E-state index in [1.165, 1.54) is 27.5 Å². The normalized spacial score (nSPS) is 16.1. The Bertz CT molecular complexity index is 1540. The average molecular weight is 446 g/mol. The summed E-state index contributed by atoms with van der Waals surface area (Å²) in [6.45, 7) is 5.58. The number of nitrogens with zero attached hydrogens (tertiary/aromatic N) is 3. The number of fused-ring (bicyclic) bond motifs is 2. The Balaban J connectivity index is 1.41. The Labute approximate surface area is 199 Å². The number of rotatable bonds is 4. The minimum atomic E-state index is 0.0523. The molecule has 4 nitrogen and oxygen atoms in total. The van der Waals surface area contributed by atoms with Crippen molar-refractivity contribution in [3.8, 4) is 0 Å². The molecular weight excluding hydrogens is 418 g/mol. The second kappa shape index (κ2) is 8.14. The zero-order valence-corrected chi connectivity index (χ0v) is 19.5. The monoisotopic (exact) mass is 445 g/mol. The molecule has 1 amide bonds. The fraction of sp³-hybridized carbons (Fsp3) is 0.200. The van der Waals surface area contributed by atoms with Gasteiger partial charge in [0.25, 0.3) is 0 Å². The molecule has 0 radical (unpaired) electrons. The first kappa shape index (κ1) is 20.7. The molecule has 0 saturated carbocycles. The van der Waals surface area contributed by atoms with Crippen molar-refractivity contribution < 1.29 is 4.79 Å². The van der Waals surface area contributed by atoms with Gasteiger partial charge >= 0.3 is 0 Å². The van der Waals surface area contributed by atoms with Crippen molar-refractivity contribution in [2.75, 3.05) is 11.4 Å². The van der Waals surface area contributed by atoms with Gasteiger partial charge in [-0.1, -0.05) is 60.7 Å². The zero-order valence-electron chi connectivity index (χ0n) is 19.5. The molecule has 1 aromatic heterocycles. The molecule has 2 heterocycles. The molecule has 4 heteroatoms. The number of anilines is 1. The van der Waals surface area contributed by atoms with E-state index in [2.05, 4.69) is 97.3 Å². The van der Waals surface area contributed by atoms with Crippen molar-refractivity contribution in [2.45, 2.75) is 32.7 Å². The van der Waals surface area contributed by atoms with E-state index in [1.807, 2.05) is 11.0 Å². The van der Waals surface area contributed by atoms with Crippen LogP contribution in [0.4, 0.5) is 5.69 Å². The number of carbonyl (C=O) groups excluding carboxylic acids is 1. The van der Waals surface area contributed by atoms with Gasteiger partial charge in [-0.3, -0.25) is 4.79 Å². The molecule has 5 aromatic rings. The molecule has 0 spiro atoms. The van der Waals surface area contributed by atoms with Gasteiger partial charge in [0.05, 0.1) is 11.0 Å². The number of carbonyl (C=O) groups is 1. The smallest absolute Gasteiger partial charge is 0.227 e. The van der Waals surface area contributed by atoms with E-state index in [1.54, 1.807) is 0 Å². The van der Waals surface area contributed by atoms with Gasteiger partial charge < -0.3 is 9.47 Å². The number of benzene rings is 4. The maximum atomic E-state index is 13.1. The lowest BCUT2D eigenvalue weighted by Crippen LogP contribution is -2.24. The minimum absolute atomic E-state index is 0.0523. The lowest BCUT2D eigenvalue weighted by Gasteiger charge is -2.19. The molecule has 6 rings (SSSR count). The highest BCUT2D eigenvalue weighted by Crippen LogP contribution is 2.34. The second-order valence-corrected chi connectivity index (χ2v) is 9.36. The fourth-order valence-corrected chi connectivity index (χ4v) is 5.20. The van der Waals surface area contributed by atoms with Crippen LogP contribution in [0.2, 0.25) is 0 Å². The second-order valence-electron chi connectivity index (χ2n) is 9.36. The van der Waals surface area contributed by atoms with Gasteiger partial charge in [0.15, 0.2) is 0 Å². The molecule has 0 aliphatic carbocycles. The van der Waals surface area contributed by atoms with E-state index in [4.69, 9.17) is 4.98 Å². The van der Waals surface area contributed by atoms with Crippen molar-refractivity contribution >= 4 is 33.4 Å². The highest BCUT2D eigenvalue weighted by atomic mass is 16.2. The molecule has 1 atom stereocenters. The van der Waals surface area contributed by atoms with Gasteiger partial charge in [-0.25, -0.2) is 4.98 Å². The SMILES string of the molecule is Cc1ccc(N2CC(c3nc4ccccc4n3Cc3cccc4ccccc34)CC2=O)cc1C. The Morgan fingerprint density at radius 3 is 2.56 bits per heavy atom. The van der Waals surface area contributed by atoms with Gasteiger partial charge in [-0.05, 0) is 65.6 Å². The van der Waals surface area contributed by atoms with Crippen molar-refractivity contribution in [1.29, 1.82) is 0 Å². The molecular formula is C30H27N3O. The summed E-state index contributed by atoms with van der Waals surface area (Å²) < 4.78 is 2.32. The van der Waals surface area contributed by atoms with Crippen molar-refractivity contribution in [2.24, 2.45) is 0 Å². The quantitative estimate of drug-likeness (QED) is 0.322. The van der Waals surface area contributed by atoms with Crippen LogP contribution < -0.4 is 4.90 Å². The minimum Gasteiger partial charge on any atom is -0.323 e. The van der Waals surface area contributed by atoms with Crippen molar-refractivity contribution in [1.82, 2.24) is 9.55 Å².